The molecule has 0 saturated carbocycles. The molecule has 0 aliphatic carbocycles. The highest BCUT2D eigenvalue weighted by atomic mass is 16.7. The van der Waals surface area contributed by atoms with Crippen molar-refractivity contribution in [1.29, 1.82) is 0 Å². The zero-order chi connectivity index (χ0) is 47.4. The van der Waals surface area contributed by atoms with Crippen molar-refractivity contribution in [3.05, 3.63) is 71.3 Å². The first-order valence-electron chi connectivity index (χ1n) is 21.1. The van der Waals surface area contributed by atoms with E-state index >= 15 is 0 Å². The summed E-state index contributed by atoms with van der Waals surface area (Å²) < 4.78 is 39.5. The Hall–Kier alpha value is -6.61. The number of esters is 4. The van der Waals surface area contributed by atoms with Gasteiger partial charge in [0.05, 0.1) is 11.7 Å². The third-order valence-electron chi connectivity index (χ3n) is 10.8. The van der Waals surface area contributed by atoms with Crippen LogP contribution in [0.15, 0.2) is 54.6 Å². The van der Waals surface area contributed by atoms with Gasteiger partial charge in [-0.25, -0.2) is 14.4 Å². The van der Waals surface area contributed by atoms with Crippen molar-refractivity contribution in [3.8, 4) is 0 Å². The number of hydrogen-bond acceptors (Lipinski definition) is 16. The van der Waals surface area contributed by atoms with Crippen LogP contribution >= 0.6 is 0 Å². The van der Waals surface area contributed by atoms with Gasteiger partial charge in [0.25, 0.3) is 0 Å². The van der Waals surface area contributed by atoms with Crippen LogP contribution in [0.2, 0.25) is 0 Å². The van der Waals surface area contributed by atoms with Crippen molar-refractivity contribution < 1.29 is 81.4 Å². The lowest BCUT2D eigenvalue weighted by molar-refractivity contribution is -0.287. The van der Waals surface area contributed by atoms with Crippen molar-refractivity contribution in [2.75, 3.05) is 19.7 Å². The molecule has 0 unspecified atom stereocenters. The normalized spacial score (nSPS) is 23.6. The number of carbonyl (C=O) groups excluding carboxylic acids is 8. The van der Waals surface area contributed by atoms with Gasteiger partial charge >= 0.3 is 35.9 Å². The van der Waals surface area contributed by atoms with Gasteiger partial charge in [-0.05, 0) is 55.9 Å². The number of nitrogens with one attached hydrogen (secondary N) is 2. The first kappa shape index (κ1) is 49.4. The van der Waals surface area contributed by atoms with Crippen LogP contribution in [0.1, 0.15) is 81.8 Å². The fraction of sp³-hybridized carbons (Fsp3) is 0.523. The van der Waals surface area contributed by atoms with E-state index in [1.54, 1.807) is 12.1 Å². The standard InChI is InChI=1S/C44H54N4O17/c1-24(62-43-36(45-25(2)49)38(64-28(5)52)37(63-27(4)51)34(65-43)23-59-26(3)50)35(40(54)47-19-9-13-32(47)39(53)48-20-10-14-33(48)41(55)56)46-44(58)61-22-30-15-17-31(18-16-30)42(57)60-21-29-11-7-6-8-12-29/h6-8,11-12,15-18,24,32-38,43H,9-10,13-14,19-23H2,1-5H3,(H,45,49)(H,46,58)(H,55,56)/t24-,32+,33+,34-,35+,36-,37-,38-,43-/m1/s1. The summed E-state index contributed by atoms with van der Waals surface area (Å²) in [4.78, 5) is 118. The monoisotopic (exact) mass is 910 g/mol. The highest BCUT2D eigenvalue weighted by Crippen LogP contribution is 2.31. The van der Waals surface area contributed by atoms with Crippen LogP contribution in [0.4, 0.5) is 4.79 Å². The molecule has 5 rings (SSSR count). The highest BCUT2D eigenvalue weighted by Gasteiger charge is 2.53. The molecule has 3 N–H and O–H groups in total. The largest absolute Gasteiger partial charge is 0.480 e. The Morgan fingerprint density at radius 2 is 1.34 bits per heavy atom. The average molecular weight is 911 g/mol. The number of likely N-dealkylation sites (tertiary alicyclic amines) is 2. The van der Waals surface area contributed by atoms with Crippen LogP contribution in [-0.2, 0) is 79.9 Å². The van der Waals surface area contributed by atoms with Crippen LogP contribution in [0.3, 0.4) is 0 Å². The molecule has 21 nitrogen and oxygen atoms in total. The second kappa shape index (κ2) is 22.8. The van der Waals surface area contributed by atoms with Crippen molar-refractivity contribution >= 4 is 53.7 Å². The predicted octanol–water partition coefficient (Wildman–Crippen LogP) is 1.77. The predicted molar refractivity (Wildman–Crippen MR) is 221 cm³/mol. The molecule has 21 heteroatoms. The van der Waals surface area contributed by atoms with E-state index in [1.165, 1.54) is 28.9 Å². The molecule has 65 heavy (non-hydrogen) atoms. The summed E-state index contributed by atoms with van der Waals surface area (Å²) in [6, 6.07) is 9.94. The van der Waals surface area contributed by atoms with Gasteiger partial charge in [0.1, 0.15) is 50.1 Å². The molecule has 2 aromatic rings. The molecular weight excluding hydrogens is 856 g/mol. The number of ether oxygens (including phenoxy) is 7. The molecule has 0 bridgehead atoms. The second-order valence-corrected chi connectivity index (χ2v) is 15.7. The summed E-state index contributed by atoms with van der Waals surface area (Å²) in [7, 11) is 0. The maximum atomic E-state index is 14.7. The minimum atomic E-state index is -1.65. The van der Waals surface area contributed by atoms with Crippen molar-refractivity contribution in [1.82, 2.24) is 20.4 Å². The number of alkyl carbamates (subject to hydrolysis) is 1. The maximum Gasteiger partial charge on any atom is 0.408 e. The third kappa shape index (κ3) is 13.5. The summed E-state index contributed by atoms with van der Waals surface area (Å²) >= 11 is 0. The van der Waals surface area contributed by atoms with E-state index in [1.807, 2.05) is 30.3 Å². The van der Waals surface area contributed by atoms with Gasteiger partial charge in [-0.3, -0.25) is 28.8 Å². The molecule has 3 fully saturated rings. The third-order valence-corrected chi connectivity index (χ3v) is 10.8. The molecule has 0 aromatic heterocycles. The second-order valence-electron chi connectivity index (χ2n) is 15.7. The Bertz CT molecular complexity index is 2070. The Morgan fingerprint density at radius 3 is 1.95 bits per heavy atom. The molecule has 0 radical (unpaired) electrons. The number of amides is 4. The first-order chi connectivity index (χ1) is 30.9. The number of carbonyl (C=O) groups is 9. The lowest BCUT2D eigenvalue weighted by atomic mass is 9.95. The van der Waals surface area contributed by atoms with E-state index in [-0.39, 0.29) is 44.7 Å². The topological polar surface area (TPSA) is 269 Å². The fourth-order valence-electron chi connectivity index (χ4n) is 7.88. The number of benzene rings is 2. The Labute approximate surface area is 374 Å². The summed E-state index contributed by atoms with van der Waals surface area (Å²) in [5, 5.41) is 14.9. The number of hydrogen-bond donors (Lipinski definition) is 3. The zero-order valence-corrected chi connectivity index (χ0v) is 36.6. The van der Waals surface area contributed by atoms with Gasteiger partial charge in [0, 0.05) is 40.8 Å². The number of carboxylic acids is 1. The van der Waals surface area contributed by atoms with E-state index in [0.717, 1.165) is 33.3 Å². The number of rotatable bonds is 17. The molecular formula is C44H54N4O17. The molecule has 3 aliphatic heterocycles. The van der Waals surface area contributed by atoms with Gasteiger partial charge in [-0.2, -0.15) is 0 Å². The summed E-state index contributed by atoms with van der Waals surface area (Å²) in [6.07, 6.45) is -7.21. The van der Waals surface area contributed by atoms with E-state index in [4.69, 9.17) is 33.2 Å². The highest BCUT2D eigenvalue weighted by molar-refractivity contribution is 5.94. The summed E-state index contributed by atoms with van der Waals surface area (Å²) in [5.74, 6) is -6.22. The minimum absolute atomic E-state index is 0.0540. The molecule has 3 heterocycles. The van der Waals surface area contributed by atoms with E-state index in [2.05, 4.69) is 10.6 Å². The summed E-state index contributed by atoms with van der Waals surface area (Å²) in [5.41, 5.74) is 1.51. The first-order valence-corrected chi connectivity index (χ1v) is 21.1. The average Bonchev–Trinajstić information content (AvgIpc) is 3.97. The van der Waals surface area contributed by atoms with Gasteiger partial charge < -0.3 is 58.7 Å². The number of nitrogens with zero attached hydrogens (tertiary/aromatic N) is 2. The Kier molecular flexibility index (Phi) is 17.4. The van der Waals surface area contributed by atoms with Crippen LogP contribution in [0.25, 0.3) is 0 Å². The van der Waals surface area contributed by atoms with Crippen molar-refractivity contribution in [3.63, 3.8) is 0 Å². The van der Waals surface area contributed by atoms with E-state index in [0.29, 0.717) is 18.4 Å². The van der Waals surface area contributed by atoms with Crippen LogP contribution < -0.4 is 10.6 Å². The Morgan fingerprint density at radius 1 is 0.738 bits per heavy atom. The van der Waals surface area contributed by atoms with Crippen molar-refractivity contribution in [2.24, 2.45) is 0 Å². The molecule has 9 atom stereocenters. The summed E-state index contributed by atoms with van der Waals surface area (Å²) in [6.45, 7) is 5.21. The Balaban J connectivity index is 1.39. The lowest BCUT2D eigenvalue weighted by Gasteiger charge is -2.46. The van der Waals surface area contributed by atoms with E-state index in [9.17, 15) is 48.3 Å². The lowest BCUT2D eigenvalue weighted by Crippen LogP contribution is -2.67. The molecule has 3 saturated heterocycles. The maximum absolute atomic E-state index is 14.7. The van der Waals surface area contributed by atoms with Gasteiger partial charge in [-0.15, -0.1) is 0 Å². The van der Waals surface area contributed by atoms with Gasteiger partial charge in [-0.1, -0.05) is 42.5 Å². The molecule has 352 valence electrons. The van der Waals surface area contributed by atoms with E-state index < -0.39 is 115 Å². The zero-order valence-electron chi connectivity index (χ0n) is 36.6. The smallest absolute Gasteiger partial charge is 0.408 e. The number of carboxylic acid groups (broad SMARTS) is 1. The molecule has 0 spiro atoms. The fourth-order valence-corrected chi connectivity index (χ4v) is 7.88. The van der Waals surface area contributed by atoms with Crippen molar-refractivity contribution in [2.45, 2.75) is 128 Å². The van der Waals surface area contributed by atoms with Gasteiger partial charge in [0.2, 0.25) is 17.7 Å². The van der Waals surface area contributed by atoms with Crippen LogP contribution in [0.5, 0.6) is 0 Å². The molecule has 2 aromatic carbocycles. The SMILES string of the molecule is CC(=O)N[C@H]1[C@H](O[C@H](C)[C@H](NC(=O)OCc2ccc(C(=O)OCc3ccccc3)cc2)C(=O)N2CCC[C@H]2C(=O)N2CCC[C@H]2C(=O)O)O[C@H](COC(C)=O)[C@@H](OC(C)=O)[C@@H]1OC(C)=O. The number of aliphatic carboxylic acids is 1. The quantitative estimate of drug-likeness (QED) is 0.151. The minimum Gasteiger partial charge on any atom is -0.480 e. The molecule has 4 amide bonds. The van der Waals surface area contributed by atoms with Gasteiger partial charge in [0.15, 0.2) is 18.5 Å². The molecule has 3 aliphatic rings. The van der Waals surface area contributed by atoms with Crippen LogP contribution in [-0.4, -0.2) is 143 Å². The van der Waals surface area contributed by atoms with Crippen LogP contribution in [0, 0.1) is 0 Å².